The number of halogens is 2. The summed E-state index contributed by atoms with van der Waals surface area (Å²) < 4.78 is 20.7. The van der Waals surface area contributed by atoms with Crippen molar-refractivity contribution in [1.29, 1.82) is 0 Å². The largest absolute Gasteiger partial charge is 0.484 e. The molecule has 1 fully saturated rings. The number of nitrogens with zero attached hydrogens (tertiary/aromatic N) is 1. The van der Waals surface area contributed by atoms with Crippen LogP contribution in [0.3, 0.4) is 0 Å². The zero-order valence-electron chi connectivity index (χ0n) is 22.6. The van der Waals surface area contributed by atoms with Crippen molar-refractivity contribution in [1.82, 2.24) is 10.2 Å². The first-order chi connectivity index (χ1) is 18.8. The average molecular weight is 551 g/mol. The second-order valence-corrected chi connectivity index (χ2v) is 10.7. The van der Waals surface area contributed by atoms with E-state index in [1.165, 1.54) is 17.4 Å². The predicted octanol–water partition coefficient (Wildman–Crippen LogP) is 6.56. The Morgan fingerprint density at radius 2 is 1.64 bits per heavy atom. The molecule has 1 aliphatic carbocycles. The fourth-order valence-corrected chi connectivity index (χ4v) is 5.24. The van der Waals surface area contributed by atoms with Gasteiger partial charge in [0.25, 0.3) is 5.91 Å². The number of aryl methyl sites for hydroxylation is 2. The first kappa shape index (κ1) is 28.6. The molecular formula is C32H36ClFN2O3. The summed E-state index contributed by atoms with van der Waals surface area (Å²) in [6.07, 6.45) is 5.45. The number of rotatable bonds is 10. The molecule has 0 unspecified atom stereocenters. The van der Waals surface area contributed by atoms with Crippen LogP contribution < -0.4 is 10.1 Å². The van der Waals surface area contributed by atoms with E-state index >= 15 is 0 Å². The smallest absolute Gasteiger partial charge is 0.261 e. The van der Waals surface area contributed by atoms with Gasteiger partial charge < -0.3 is 15.0 Å². The quantitative estimate of drug-likeness (QED) is 0.311. The summed E-state index contributed by atoms with van der Waals surface area (Å²) in [5.41, 5.74) is 2.94. The van der Waals surface area contributed by atoms with Gasteiger partial charge in [-0.25, -0.2) is 4.39 Å². The van der Waals surface area contributed by atoms with Gasteiger partial charge in [0.1, 0.15) is 17.6 Å². The van der Waals surface area contributed by atoms with Crippen LogP contribution in [0.4, 0.5) is 4.39 Å². The van der Waals surface area contributed by atoms with E-state index in [0.29, 0.717) is 22.8 Å². The molecule has 7 heteroatoms. The van der Waals surface area contributed by atoms with E-state index in [2.05, 4.69) is 5.32 Å². The normalized spacial score (nSPS) is 14.5. The Hall–Kier alpha value is -3.38. The van der Waals surface area contributed by atoms with Crippen molar-refractivity contribution in [2.75, 3.05) is 6.61 Å². The summed E-state index contributed by atoms with van der Waals surface area (Å²) in [6.45, 7) is 3.40. The molecule has 1 saturated carbocycles. The average Bonchev–Trinajstić information content (AvgIpc) is 2.94. The number of hydrogen-bond donors (Lipinski definition) is 1. The molecule has 5 nitrogen and oxygen atoms in total. The minimum atomic E-state index is -0.835. The highest BCUT2D eigenvalue weighted by Gasteiger charge is 2.32. The number of hydrogen-bond acceptors (Lipinski definition) is 3. The minimum absolute atomic E-state index is 0.0525. The van der Waals surface area contributed by atoms with Crippen molar-refractivity contribution in [2.45, 2.75) is 71.0 Å². The molecular weight excluding hydrogens is 515 g/mol. The molecule has 0 saturated heterocycles. The fourth-order valence-electron chi connectivity index (χ4n) is 5.13. The molecule has 0 heterocycles. The molecule has 0 aliphatic heterocycles. The molecule has 0 radical (unpaired) electrons. The maximum Gasteiger partial charge on any atom is 0.261 e. The standard InChI is InChI=1S/C32H36ClFN2O3/c1-22-17-27(18-23(2)31(22)33)39-21-30(37)36(20-25-13-9-10-16-28(25)34)29(19-24-11-5-3-6-12-24)32(38)35-26-14-7-4-8-15-26/h3,5-6,9-13,16-18,26,29H,4,7-8,14-15,19-21H2,1-2H3,(H,35,38)/t29-/m0/s1. The van der Waals surface area contributed by atoms with Crippen LogP contribution in [-0.4, -0.2) is 35.4 Å². The van der Waals surface area contributed by atoms with Crippen LogP contribution in [-0.2, 0) is 22.6 Å². The first-order valence-corrected chi connectivity index (χ1v) is 14.0. The van der Waals surface area contributed by atoms with E-state index < -0.39 is 17.8 Å². The molecule has 0 aromatic heterocycles. The zero-order valence-corrected chi connectivity index (χ0v) is 23.3. The molecule has 1 aliphatic rings. The third-order valence-electron chi connectivity index (χ3n) is 7.29. The molecule has 1 atom stereocenters. The number of carbonyl (C=O) groups is 2. The van der Waals surface area contributed by atoms with Crippen LogP contribution in [0.1, 0.15) is 54.4 Å². The van der Waals surface area contributed by atoms with Gasteiger partial charge in [0, 0.05) is 29.6 Å². The Labute approximate surface area is 235 Å². The maximum atomic E-state index is 14.8. The molecule has 3 aromatic rings. The summed E-state index contributed by atoms with van der Waals surface area (Å²) >= 11 is 6.29. The van der Waals surface area contributed by atoms with E-state index in [0.717, 1.165) is 42.4 Å². The van der Waals surface area contributed by atoms with Gasteiger partial charge in [-0.05, 0) is 61.6 Å². The van der Waals surface area contributed by atoms with Gasteiger partial charge in [0.2, 0.25) is 5.91 Å². The summed E-state index contributed by atoms with van der Waals surface area (Å²) in [5.74, 6) is -0.539. The summed E-state index contributed by atoms with van der Waals surface area (Å²) in [7, 11) is 0. The van der Waals surface area contributed by atoms with Gasteiger partial charge in [-0.3, -0.25) is 9.59 Å². The lowest BCUT2D eigenvalue weighted by atomic mass is 9.94. The maximum absolute atomic E-state index is 14.8. The lowest BCUT2D eigenvalue weighted by Gasteiger charge is -2.33. The van der Waals surface area contributed by atoms with Gasteiger partial charge in [-0.15, -0.1) is 0 Å². The van der Waals surface area contributed by atoms with Gasteiger partial charge in [-0.1, -0.05) is 79.4 Å². The Morgan fingerprint density at radius 1 is 1.00 bits per heavy atom. The highest BCUT2D eigenvalue weighted by Crippen LogP contribution is 2.26. The van der Waals surface area contributed by atoms with Crippen molar-refractivity contribution in [3.8, 4) is 5.75 Å². The van der Waals surface area contributed by atoms with E-state index in [1.807, 2.05) is 44.2 Å². The molecule has 4 rings (SSSR count). The van der Waals surface area contributed by atoms with Crippen molar-refractivity contribution < 1.29 is 18.7 Å². The lowest BCUT2D eigenvalue weighted by molar-refractivity contribution is -0.143. The monoisotopic (exact) mass is 550 g/mol. The SMILES string of the molecule is Cc1cc(OCC(=O)N(Cc2ccccc2F)[C@@H](Cc2ccccc2)C(=O)NC2CCCCC2)cc(C)c1Cl. The molecule has 39 heavy (non-hydrogen) atoms. The van der Waals surface area contributed by atoms with Crippen molar-refractivity contribution in [2.24, 2.45) is 0 Å². The van der Waals surface area contributed by atoms with Crippen LogP contribution in [0, 0.1) is 19.7 Å². The van der Waals surface area contributed by atoms with E-state index in [1.54, 1.807) is 30.3 Å². The summed E-state index contributed by atoms with van der Waals surface area (Å²) in [4.78, 5) is 29.0. The first-order valence-electron chi connectivity index (χ1n) is 13.6. The molecule has 0 bridgehead atoms. The van der Waals surface area contributed by atoms with Gasteiger partial charge >= 0.3 is 0 Å². The van der Waals surface area contributed by atoms with Crippen LogP contribution in [0.25, 0.3) is 0 Å². The summed E-state index contributed by atoms with van der Waals surface area (Å²) in [5, 5.41) is 3.84. The Balaban J connectivity index is 1.63. The molecule has 3 aromatic carbocycles. The second kappa shape index (κ2) is 13.6. The Morgan fingerprint density at radius 3 is 2.31 bits per heavy atom. The Bertz CT molecular complexity index is 1250. The van der Waals surface area contributed by atoms with Gasteiger partial charge in [0.05, 0.1) is 0 Å². The number of carbonyl (C=O) groups excluding carboxylic acids is 2. The third-order valence-corrected chi connectivity index (χ3v) is 7.89. The molecule has 2 amide bonds. The van der Waals surface area contributed by atoms with E-state index in [-0.39, 0.29) is 25.1 Å². The summed E-state index contributed by atoms with van der Waals surface area (Å²) in [6, 6.07) is 18.7. The number of nitrogens with one attached hydrogen (secondary N) is 1. The van der Waals surface area contributed by atoms with Crippen molar-refractivity contribution >= 4 is 23.4 Å². The number of benzene rings is 3. The van der Waals surface area contributed by atoms with Crippen LogP contribution in [0.15, 0.2) is 66.7 Å². The number of ether oxygens (including phenoxy) is 1. The molecule has 1 N–H and O–H groups in total. The number of amides is 2. The molecule has 206 valence electrons. The van der Waals surface area contributed by atoms with Crippen LogP contribution in [0.5, 0.6) is 5.75 Å². The van der Waals surface area contributed by atoms with Crippen molar-refractivity contribution in [3.05, 3.63) is 99.8 Å². The van der Waals surface area contributed by atoms with E-state index in [9.17, 15) is 14.0 Å². The van der Waals surface area contributed by atoms with E-state index in [4.69, 9.17) is 16.3 Å². The third kappa shape index (κ3) is 7.82. The molecule has 0 spiro atoms. The highest BCUT2D eigenvalue weighted by atomic mass is 35.5. The Kier molecular flexibility index (Phi) is 9.99. The van der Waals surface area contributed by atoms with Crippen LogP contribution in [0.2, 0.25) is 5.02 Å². The van der Waals surface area contributed by atoms with Gasteiger partial charge in [0.15, 0.2) is 6.61 Å². The highest BCUT2D eigenvalue weighted by molar-refractivity contribution is 6.32. The van der Waals surface area contributed by atoms with Gasteiger partial charge in [-0.2, -0.15) is 0 Å². The fraction of sp³-hybridized carbons (Fsp3) is 0.375. The lowest BCUT2D eigenvalue weighted by Crippen LogP contribution is -2.53. The van der Waals surface area contributed by atoms with Crippen molar-refractivity contribution in [3.63, 3.8) is 0 Å². The minimum Gasteiger partial charge on any atom is -0.484 e. The zero-order chi connectivity index (χ0) is 27.8. The van der Waals surface area contributed by atoms with Crippen LogP contribution >= 0.6 is 11.6 Å². The topological polar surface area (TPSA) is 58.6 Å². The predicted molar refractivity (Wildman–Crippen MR) is 152 cm³/mol. The second-order valence-electron chi connectivity index (χ2n) is 10.3.